The molecule has 1 heterocycles. The van der Waals surface area contributed by atoms with Crippen molar-refractivity contribution in [1.82, 2.24) is 4.90 Å². The Labute approximate surface area is 129 Å². The van der Waals surface area contributed by atoms with Crippen molar-refractivity contribution in [2.45, 2.75) is 38.1 Å². The summed E-state index contributed by atoms with van der Waals surface area (Å²) in [7, 11) is 0. The molecule has 1 aromatic rings. The summed E-state index contributed by atoms with van der Waals surface area (Å²) in [5.74, 6) is -0.283. The van der Waals surface area contributed by atoms with Crippen LogP contribution in [0.1, 0.15) is 37.7 Å². The van der Waals surface area contributed by atoms with Crippen LogP contribution in [0.25, 0.3) is 0 Å². The van der Waals surface area contributed by atoms with E-state index in [4.69, 9.17) is 5.26 Å². The molecule has 0 bridgehead atoms. The lowest BCUT2D eigenvalue weighted by molar-refractivity contribution is -0.129. The first-order chi connectivity index (χ1) is 10.7. The SMILES string of the molecule is N#Cc1ccc(NC(=O)C2CC(=O)N(C3CCCC3)C2)cc1. The number of carbonyl (C=O) groups is 2. The van der Waals surface area contributed by atoms with E-state index in [2.05, 4.69) is 5.32 Å². The Hall–Kier alpha value is -2.35. The number of hydrogen-bond donors (Lipinski definition) is 1. The summed E-state index contributed by atoms with van der Waals surface area (Å²) in [4.78, 5) is 26.3. The van der Waals surface area contributed by atoms with Crippen LogP contribution in [0.5, 0.6) is 0 Å². The Morgan fingerprint density at radius 1 is 1.23 bits per heavy atom. The summed E-state index contributed by atoms with van der Waals surface area (Å²) in [6, 6.07) is 9.13. The quantitative estimate of drug-likeness (QED) is 0.930. The molecule has 1 unspecified atom stereocenters. The van der Waals surface area contributed by atoms with Crippen LogP contribution in [-0.2, 0) is 9.59 Å². The lowest BCUT2D eigenvalue weighted by atomic mass is 10.1. The third-order valence-electron chi connectivity index (χ3n) is 4.58. The molecule has 2 fully saturated rings. The largest absolute Gasteiger partial charge is 0.339 e. The van der Waals surface area contributed by atoms with E-state index >= 15 is 0 Å². The number of anilines is 1. The lowest BCUT2D eigenvalue weighted by Gasteiger charge is -2.23. The maximum Gasteiger partial charge on any atom is 0.229 e. The van der Waals surface area contributed by atoms with Gasteiger partial charge in [-0.1, -0.05) is 12.8 Å². The topological polar surface area (TPSA) is 73.2 Å². The molecule has 0 spiro atoms. The van der Waals surface area contributed by atoms with E-state index < -0.39 is 0 Å². The standard InChI is InChI=1S/C17H19N3O2/c18-10-12-5-7-14(8-6-12)19-17(22)13-9-16(21)20(11-13)15-3-1-2-4-15/h5-8,13,15H,1-4,9,11H2,(H,19,22). The van der Waals surface area contributed by atoms with Gasteiger partial charge >= 0.3 is 0 Å². The smallest absolute Gasteiger partial charge is 0.229 e. The van der Waals surface area contributed by atoms with Crippen LogP contribution in [0, 0.1) is 17.2 Å². The van der Waals surface area contributed by atoms with Crippen molar-refractivity contribution in [3.05, 3.63) is 29.8 Å². The monoisotopic (exact) mass is 297 g/mol. The fourth-order valence-electron chi connectivity index (χ4n) is 3.35. The number of carbonyl (C=O) groups excluding carboxylic acids is 2. The first kappa shape index (κ1) is 14.6. The highest BCUT2D eigenvalue weighted by atomic mass is 16.2. The molecule has 2 aliphatic rings. The minimum Gasteiger partial charge on any atom is -0.339 e. The molecular formula is C17H19N3O2. The molecule has 3 rings (SSSR count). The van der Waals surface area contributed by atoms with E-state index in [-0.39, 0.29) is 17.7 Å². The van der Waals surface area contributed by atoms with Crippen LogP contribution < -0.4 is 5.32 Å². The van der Waals surface area contributed by atoms with E-state index in [0.717, 1.165) is 12.8 Å². The number of rotatable bonds is 3. The molecule has 0 radical (unpaired) electrons. The first-order valence-corrected chi connectivity index (χ1v) is 7.78. The van der Waals surface area contributed by atoms with Gasteiger partial charge in [0.05, 0.1) is 17.6 Å². The maximum atomic E-state index is 12.3. The number of amides is 2. The zero-order valence-electron chi connectivity index (χ0n) is 12.4. The molecule has 1 saturated carbocycles. The fourth-order valence-corrected chi connectivity index (χ4v) is 3.35. The van der Waals surface area contributed by atoms with Crippen molar-refractivity contribution in [3.8, 4) is 6.07 Å². The summed E-state index contributed by atoms with van der Waals surface area (Å²) < 4.78 is 0. The van der Waals surface area contributed by atoms with E-state index in [1.54, 1.807) is 24.3 Å². The van der Waals surface area contributed by atoms with Crippen LogP contribution in [0.3, 0.4) is 0 Å². The van der Waals surface area contributed by atoms with Crippen molar-refractivity contribution in [2.24, 2.45) is 5.92 Å². The molecule has 1 N–H and O–H groups in total. The molecule has 114 valence electrons. The zero-order valence-corrected chi connectivity index (χ0v) is 12.4. The van der Waals surface area contributed by atoms with Gasteiger partial charge < -0.3 is 10.2 Å². The van der Waals surface area contributed by atoms with Gasteiger partial charge in [-0.2, -0.15) is 5.26 Å². The van der Waals surface area contributed by atoms with Crippen molar-refractivity contribution in [2.75, 3.05) is 11.9 Å². The summed E-state index contributed by atoms with van der Waals surface area (Å²) in [6.45, 7) is 0.533. The van der Waals surface area contributed by atoms with E-state index in [1.165, 1.54) is 12.8 Å². The Kier molecular flexibility index (Phi) is 4.10. The van der Waals surface area contributed by atoms with Crippen LogP contribution in [0.15, 0.2) is 24.3 Å². The lowest BCUT2D eigenvalue weighted by Crippen LogP contribution is -2.35. The van der Waals surface area contributed by atoms with Gasteiger partial charge in [0.25, 0.3) is 0 Å². The maximum absolute atomic E-state index is 12.3. The summed E-state index contributed by atoms with van der Waals surface area (Å²) in [6.07, 6.45) is 4.79. The Morgan fingerprint density at radius 2 is 1.91 bits per heavy atom. The molecule has 2 amide bonds. The van der Waals surface area contributed by atoms with Crippen LogP contribution in [0.4, 0.5) is 5.69 Å². The molecule has 1 aromatic carbocycles. The first-order valence-electron chi connectivity index (χ1n) is 7.78. The van der Waals surface area contributed by atoms with Gasteiger partial charge in [-0.15, -0.1) is 0 Å². The third kappa shape index (κ3) is 2.96. The second kappa shape index (κ2) is 6.18. The zero-order chi connectivity index (χ0) is 15.5. The predicted octanol–water partition coefficient (Wildman–Crippen LogP) is 2.29. The molecule has 0 aromatic heterocycles. The van der Waals surface area contributed by atoms with Gasteiger partial charge in [0.15, 0.2) is 0 Å². The number of nitrogens with one attached hydrogen (secondary N) is 1. The molecule has 1 saturated heterocycles. The molecule has 5 heteroatoms. The van der Waals surface area contributed by atoms with Gasteiger partial charge in [0.2, 0.25) is 11.8 Å². The summed E-state index contributed by atoms with van der Waals surface area (Å²) in [5, 5.41) is 11.6. The molecule has 5 nitrogen and oxygen atoms in total. The number of hydrogen-bond acceptors (Lipinski definition) is 3. The third-order valence-corrected chi connectivity index (χ3v) is 4.58. The van der Waals surface area contributed by atoms with Gasteiger partial charge in [-0.3, -0.25) is 9.59 Å². The van der Waals surface area contributed by atoms with Crippen molar-refractivity contribution >= 4 is 17.5 Å². The average molecular weight is 297 g/mol. The minimum absolute atomic E-state index is 0.104. The molecular weight excluding hydrogens is 278 g/mol. The molecule has 1 aliphatic carbocycles. The summed E-state index contributed by atoms with van der Waals surface area (Å²) >= 11 is 0. The van der Waals surface area contributed by atoms with Gasteiger partial charge in [-0.05, 0) is 37.1 Å². The van der Waals surface area contributed by atoms with Gasteiger partial charge in [-0.25, -0.2) is 0 Å². The van der Waals surface area contributed by atoms with Crippen molar-refractivity contribution in [3.63, 3.8) is 0 Å². The Bertz CT molecular complexity index is 612. The number of benzene rings is 1. The second-order valence-electron chi connectivity index (χ2n) is 6.06. The van der Waals surface area contributed by atoms with Crippen molar-refractivity contribution in [1.29, 1.82) is 5.26 Å². The van der Waals surface area contributed by atoms with Crippen LogP contribution in [0.2, 0.25) is 0 Å². The van der Waals surface area contributed by atoms with Crippen molar-refractivity contribution < 1.29 is 9.59 Å². The molecule has 22 heavy (non-hydrogen) atoms. The summed E-state index contributed by atoms with van der Waals surface area (Å²) in [5.41, 5.74) is 1.22. The predicted molar refractivity (Wildman–Crippen MR) is 81.9 cm³/mol. The normalized spacial score (nSPS) is 21.9. The highest BCUT2D eigenvalue weighted by Crippen LogP contribution is 2.29. The van der Waals surface area contributed by atoms with E-state index in [0.29, 0.717) is 30.3 Å². The second-order valence-corrected chi connectivity index (χ2v) is 6.06. The molecule has 1 atom stereocenters. The van der Waals surface area contributed by atoms with E-state index in [9.17, 15) is 9.59 Å². The number of likely N-dealkylation sites (tertiary alicyclic amines) is 1. The molecule has 1 aliphatic heterocycles. The fraction of sp³-hybridized carbons (Fsp3) is 0.471. The van der Waals surface area contributed by atoms with E-state index in [1.807, 2.05) is 11.0 Å². The minimum atomic E-state index is -0.274. The van der Waals surface area contributed by atoms with Crippen LogP contribution in [-0.4, -0.2) is 29.3 Å². The average Bonchev–Trinajstić information content (AvgIpc) is 3.17. The number of nitrogens with zero attached hydrogens (tertiary/aromatic N) is 2. The highest BCUT2D eigenvalue weighted by molar-refractivity contribution is 5.97. The Morgan fingerprint density at radius 3 is 2.55 bits per heavy atom. The highest BCUT2D eigenvalue weighted by Gasteiger charge is 2.38. The van der Waals surface area contributed by atoms with Gasteiger partial charge in [0.1, 0.15) is 0 Å². The van der Waals surface area contributed by atoms with Crippen LogP contribution >= 0.6 is 0 Å². The number of nitriles is 1. The Balaban J connectivity index is 1.60. The van der Waals surface area contributed by atoms with Gasteiger partial charge in [0, 0.05) is 24.7 Å².